The molecule has 0 aliphatic rings. The summed E-state index contributed by atoms with van der Waals surface area (Å²) in [5, 5.41) is 0. The average molecular weight is 227 g/mol. The minimum absolute atomic E-state index is 0.145. The summed E-state index contributed by atoms with van der Waals surface area (Å²) in [6.45, 7) is 4.13. The molecule has 1 aromatic carbocycles. The van der Waals surface area contributed by atoms with Crippen molar-refractivity contribution in [2.75, 3.05) is 11.4 Å². The quantitative estimate of drug-likeness (QED) is 0.756. The predicted molar refractivity (Wildman–Crippen MR) is 67.0 cm³/mol. The maximum Gasteiger partial charge on any atom is 0.334 e. The number of amides is 1. The van der Waals surface area contributed by atoms with Gasteiger partial charge in [0, 0.05) is 24.6 Å². The van der Waals surface area contributed by atoms with E-state index in [0.29, 0.717) is 6.54 Å². The summed E-state index contributed by atoms with van der Waals surface area (Å²) in [6.07, 6.45) is 6.39. The zero-order valence-electron chi connectivity index (χ0n) is 9.36. The molecule has 0 spiro atoms. The van der Waals surface area contributed by atoms with Crippen molar-refractivity contribution >= 4 is 11.7 Å². The lowest BCUT2D eigenvalue weighted by Crippen LogP contribution is -2.34. The highest BCUT2D eigenvalue weighted by Crippen LogP contribution is 2.14. The summed E-state index contributed by atoms with van der Waals surface area (Å²) in [7, 11) is 0. The van der Waals surface area contributed by atoms with Gasteiger partial charge in [-0.1, -0.05) is 24.3 Å². The molecule has 1 heterocycles. The molecule has 0 saturated carbocycles. The molecule has 86 valence electrons. The number of rotatable bonds is 3. The molecule has 2 rings (SSSR count). The average Bonchev–Trinajstić information content (AvgIpc) is 2.90. The number of benzene rings is 1. The first kappa shape index (κ1) is 11.1. The largest absolute Gasteiger partial charge is 0.334 e. The third-order valence-electron chi connectivity index (χ3n) is 2.34. The molecular formula is C13H13N3O. The zero-order chi connectivity index (χ0) is 12.1. The molecular weight excluding hydrogens is 214 g/mol. The Kier molecular flexibility index (Phi) is 3.35. The Hall–Kier alpha value is -2.36. The number of anilines is 1. The fraction of sp³-hybridized carbons (Fsp3) is 0.0769. The van der Waals surface area contributed by atoms with E-state index in [-0.39, 0.29) is 6.03 Å². The van der Waals surface area contributed by atoms with Crippen molar-refractivity contribution in [1.29, 1.82) is 0 Å². The molecule has 0 aliphatic carbocycles. The highest BCUT2D eigenvalue weighted by molar-refractivity contribution is 5.93. The molecule has 0 radical (unpaired) electrons. The molecule has 1 aromatic heterocycles. The Bertz CT molecular complexity index is 491. The van der Waals surface area contributed by atoms with E-state index < -0.39 is 0 Å². The molecule has 0 aliphatic heterocycles. The van der Waals surface area contributed by atoms with Crippen molar-refractivity contribution in [3.8, 4) is 0 Å². The van der Waals surface area contributed by atoms with Gasteiger partial charge in [-0.2, -0.15) is 0 Å². The number of carbonyl (C=O) groups is 1. The summed E-state index contributed by atoms with van der Waals surface area (Å²) in [4.78, 5) is 17.7. The Labute approximate surface area is 99.8 Å². The zero-order valence-corrected chi connectivity index (χ0v) is 9.36. The smallest absolute Gasteiger partial charge is 0.290 e. The second-order valence-corrected chi connectivity index (χ2v) is 3.49. The lowest BCUT2D eigenvalue weighted by molar-refractivity contribution is 0.248. The molecule has 0 bridgehead atoms. The van der Waals surface area contributed by atoms with E-state index in [1.54, 1.807) is 23.4 Å². The van der Waals surface area contributed by atoms with Crippen LogP contribution in [0.25, 0.3) is 0 Å². The normalized spacial score (nSPS) is 9.88. The standard InChI is InChI=1S/C13H13N3O/c1-2-9-16(12-6-4-3-5-7-12)13(17)15-10-8-14-11-15/h2-8,10-11H,1,9H2. The van der Waals surface area contributed by atoms with E-state index in [4.69, 9.17) is 0 Å². The maximum atomic E-state index is 12.2. The highest BCUT2D eigenvalue weighted by atomic mass is 16.2. The minimum Gasteiger partial charge on any atom is -0.290 e. The van der Waals surface area contributed by atoms with E-state index in [0.717, 1.165) is 5.69 Å². The summed E-state index contributed by atoms with van der Waals surface area (Å²) in [5.41, 5.74) is 0.839. The van der Waals surface area contributed by atoms with Crippen LogP contribution in [0.1, 0.15) is 0 Å². The van der Waals surface area contributed by atoms with Crippen molar-refractivity contribution in [2.45, 2.75) is 0 Å². The van der Waals surface area contributed by atoms with Crippen molar-refractivity contribution in [3.63, 3.8) is 0 Å². The van der Waals surface area contributed by atoms with Gasteiger partial charge in [-0.05, 0) is 12.1 Å². The third kappa shape index (κ3) is 2.42. The van der Waals surface area contributed by atoms with Gasteiger partial charge in [-0.25, -0.2) is 9.78 Å². The summed E-state index contributed by atoms with van der Waals surface area (Å²) in [5.74, 6) is 0. The van der Waals surface area contributed by atoms with Crippen molar-refractivity contribution in [1.82, 2.24) is 9.55 Å². The van der Waals surface area contributed by atoms with Gasteiger partial charge in [-0.15, -0.1) is 6.58 Å². The first-order valence-electron chi connectivity index (χ1n) is 5.28. The number of hydrogen-bond acceptors (Lipinski definition) is 2. The monoisotopic (exact) mass is 227 g/mol. The second-order valence-electron chi connectivity index (χ2n) is 3.49. The fourth-order valence-corrected chi connectivity index (χ4v) is 1.54. The van der Waals surface area contributed by atoms with E-state index >= 15 is 0 Å². The van der Waals surface area contributed by atoms with Gasteiger partial charge < -0.3 is 0 Å². The van der Waals surface area contributed by atoms with Gasteiger partial charge in [0.2, 0.25) is 0 Å². The molecule has 0 N–H and O–H groups in total. The lowest BCUT2D eigenvalue weighted by Gasteiger charge is -2.20. The van der Waals surface area contributed by atoms with Crippen LogP contribution in [0.4, 0.5) is 10.5 Å². The summed E-state index contributed by atoms with van der Waals surface area (Å²) in [6, 6.07) is 9.33. The molecule has 17 heavy (non-hydrogen) atoms. The van der Waals surface area contributed by atoms with Crippen molar-refractivity contribution in [3.05, 3.63) is 61.7 Å². The van der Waals surface area contributed by atoms with Crippen LogP contribution in [0, 0.1) is 0 Å². The number of carbonyl (C=O) groups excluding carboxylic acids is 1. The highest BCUT2D eigenvalue weighted by Gasteiger charge is 2.15. The van der Waals surface area contributed by atoms with E-state index in [1.165, 1.54) is 10.9 Å². The fourth-order valence-electron chi connectivity index (χ4n) is 1.54. The first-order chi connectivity index (χ1) is 8.33. The van der Waals surface area contributed by atoms with Crippen LogP contribution in [0.2, 0.25) is 0 Å². The van der Waals surface area contributed by atoms with E-state index in [2.05, 4.69) is 11.6 Å². The van der Waals surface area contributed by atoms with Crippen LogP contribution in [0.15, 0.2) is 61.7 Å². The molecule has 1 amide bonds. The number of nitrogens with zero attached hydrogens (tertiary/aromatic N) is 3. The van der Waals surface area contributed by atoms with E-state index in [9.17, 15) is 4.79 Å². The van der Waals surface area contributed by atoms with Crippen LogP contribution < -0.4 is 4.90 Å². The molecule has 0 fully saturated rings. The second kappa shape index (κ2) is 5.12. The Morgan fingerprint density at radius 3 is 2.76 bits per heavy atom. The van der Waals surface area contributed by atoms with Gasteiger partial charge in [0.05, 0.1) is 0 Å². The SMILES string of the molecule is C=CCN(C(=O)n1ccnc1)c1ccccc1. The Balaban J connectivity index is 2.30. The third-order valence-corrected chi connectivity index (χ3v) is 2.34. The predicted octanol–water partition coefficient (Wildman–Crippen LogP) is 2.54. The number of imidazole rings is 1. The Morgan fingerprint density at radius 2 is 2.18 bits per heavy atom. The van der Waals surface area contributed by atoms with Gasteiger partial charge in [-0.3, -0.25) is 9.47 Å². The van der Waals surface area contributed by atoms with Crippen molar-refractivity contribution < 1.29 is 4.79 Å². The van der Waals surface area contributed by atoms with Crippen molar-refractivity contribution in [2.24, 2.45) is 0 Å². The molecule has 2 aromatic rings. The topological polar surface area (TPSA) is 38.1 Å². The first-order valence-corrected chi connectivity index (χ1v) is 5.28. The molecule has 4 nitrogen and oxygen atoms in total. The lowest BCUT2D eigenvalue weighted by atomic mass is 10.3. The van der Waals surface area contributed by atoms with Crippen LogP contribution in [0.5, 0.6) is 0 Å². The van der Waals surface area contributed by atoms with Gasteiger partial charge in [0.1, 0.15) is 6.33 Å². The Morgan fingerprint density at radius 1 is 1.41 bits per heavy atom. The van der Waals surface area contributed by atoms with Crippen LogP contribution in [0.3, 0.4) is 0 Å². The van der Waals surface area contributed by atoms with Gasteiger partial charge in [0.15, 0.2) is 0 Å². The van der Waals surface area contributed by atoms with E-state index in [1.807, 2.05) is 30.3 Å². The van der Waals surface area contributed by atoms with Crippen LogP contribution >= 0.6 is 0 Å². The molecule has 4 heteroatoms. The van der Waals surface area contributed by atoms with Crippen LogP contribution in [-0.4, -0.2) is 22.1 Å². The van der Waals surface area contributed by atoms with Gasteiger partial charge in [0.25, 0.3) is 0 Å². The number of para-hydroxylation sites is 1. The number of hydrogen-bond donors (Lipinski definition) is 0. The molecule has 0 atom stereocenters. The van der Waals surface area contributed by atoms with Crippen LogP contribution in [-0.2, 0) is 0 Å². The summed E-state index contributed by atoms with van der Waals surface area (Å²) < 4.78 is 1.44. The maximum absolute atomic E-state index is 12.2. The molecule has 0 saturated heterocycles. The van der Waals surface area contributed by atoms with Gasteiger partial charge >= 0.3 is 6.03 Å². The molecule has 0 unspecified atom stereocenters. The minimum atomic E-state index is -0.145. The number of aromatic nitrogens is 2. The summed E-state index contributed by atoms with van der Waals surface area (Å²) >= 11 is 0.